The van der Waals surface area contributed by atoms with Crippen LogP contribution in [-0.4, -0.2) is 69.8 Å². The molecular weight excluding hydrogens is 630 g/mol. The molecule has 258 valence electrons. The van der Waals surface area contributed by atoms with E-state index in [4.69, 9.17) is 21.5 Å². The highest BCUT2D eigenvalue weighted by Crippen LogP contribution is 2.30. The van der Waals surface area contributed by atoms with Crippen LogP contribution in [0.5, 0.6) is 0 Å². The fourth-order valence-corrected chi connectivity index (χ4v) is 6.23. The Labute approximate surface area is 287 Å². The van der Waals surface area contributed by atoms with E-state index in [1.807, 2.05) is 19.1 Å². The summed E-state index contributed by atoms with van der Waals surface area (Å²) in [4.78, 5) is 41.6. The lowest BCUT2D eigenvalue weighted by molar-refractivity contribution is -0.144. The van der Waals surface area contributed by atoms with Gasteiger partial charge in [0.25, 0.3) is 0 Å². The number of nitrogens with one attached hydrogen (secondary N) is 2. The van der Waals surface area contributed by atoms with Crippen molar-refractivity contribution in [2.45, 2.75) is 73.1 Å². The number of esters is 1. The summed E-state index contributed by atoms with van der Waals surface area (Å²) in [7, 11) is 0. The van der Waals surface area contributed by atoms with E-state index in [0.717, 1.165) is 79.5 Å². The Morgan fingerprint density at radius 2 is 1.38 bits per heavy atom. The molecule has 3 N–H and O–H groups in total. The van der Waals surface area contributed by atoms with Crippen LogP contribution in [-0.2, 0) is 14.3 Å². The van der Waals surface area contributed by atoms with Crippen LogP contribution in [0, 0.1) is 39.5 Å². The maximum Gasteiger partial charge on any atom is 0.306 e. The van der Waals surface area contributed by atoms with Gasteiger partial charge in [-0.1, -0.05) is 11.6 Å². The number of piperidine rings is 2. The number of aryl methyl sites for hydroxylation is 4. The van der Waals surface area contributed by atoms with Gasteiger partial charge in [0.2, 0.25) is 5.91 Å². The molecule has 0 aliphatic carbocycles. The van der Waals surface area contributed by atoms with Gasteiger partial charge >= 0.3 is 5.97 Å². The van der Waals surface area contributed by atoms with Crippen LogP contribution in [0.4, 0.5) is 5.82 Å². The summed E-state index contributed by atoms with van der Waals surface area (Å²) in [5.41, 5.74) is 8.50. The van der Waals surface area contributed by atoms with E-state index >= 15 is 0 Å². The number of nitrogens with zero attached hydrogens (tertiary/aromatic N) is 5. The number of anilines is 1. The quantitative estimate of drug-likeness (QED) is 0.0935. The molecule has 0 saturated carbocycles. The number of amides is 1. The Kier molecular flexibility index (Phi) is 13.8. The summed E-state index contributed by atoms with van der Waals surface area (Å²) < 4.78 is 4.89. The molecule has 2 saturated heterocycles. The largest absolute Gasteiger partial charge is 0.466 e. The molecule has 0 radical (unpaired) electrons. The molecule has 2 aromatic carbocycles. The molecule has 0 spiro atoms. The van der Waals surface area contributed by atoms with Crippen LogP contribution in [0.1, 0.15) is 67.7 Å². The number of hydroxylamine groups is 1. The molecule has 2 aliphatic heterocycles. The van der Waals surface area contributed by atoms with Gasteiger partial charge in [-0.2, -0.15) is 0 Å². The molecule has 0 atom stereocenters. The normalized spacial score (nSPS) is 15.3. The first-order valence-electron chi connectivity index (χ1n) is 16.7. The second kappa shape index (κ2) is 18.0. The first kappa shape index (κ1) is 36.9. The number of halogens is 1. The maximum absolute atomic E-state index is 11.3. The Morgan fingerprint density at radius 1 is 0.833 bits per heavy atom. The van der Waals surface area contributed by atoms with Gasteiger partial charge in [0.05, 0.1) is 17.6 Å². The zero-order valence-electron chi connectivity index (χ0n) is 28.7. The van der Waals surface area contributed by atoms with E-state index in [-0.39, 0.29) is 11.9 Å². The summed E-state index contributed by atoms with van der Waals surface area (Å²) >= 11 is 5.93. The number of aromatic nitrogens is 4. The van der Waals surface area contributed by atoms with E-state index in [1.165, 1.54) is 28.6 Å². The van der Waals surface area contributed by atoms with Gasteiger partial charge in [-0.3, -0.25) is 14.8 Å². The molecular formula is C36H48ClN7O4. The maximum atomic E-state index is 11.3. The number of rotatable bonds is 6. The van der Waals surface area contributed by atoms with Crippen molar-refractivity contribution in [1.29, 1.82) is 0 Å². The number of carbonyl (C=O) groups excluding carboxylic acids is 2. The van der Waals surface area contributed by atoms with E-state index in [0.29, 0.717) is 36.4 Å². The molecule has 12 heteroatoms. The van der Waals surface area contributed by atoms with Crippen molar-refractivity contribution in [3.63, 3.8) is 0 Å². The highest BCUT2D eigenvalue weighted by atomic mass is 35.5. The second-order valence-corrected chi connectivity index (χ2v) is 13.0. The van der Waals surface area contributed by atoms with Crippen molar-refractivity contribution in [2.24, 2.45) is 11.8 Å². The van der Waals surface area contributed by atoms with Crippen LogP contribution in [0.2, 0.25) is 5.15 Å². The molecule has 4 aromatic rings. The zero-order valence-corrected chi connectivity index (χ0v) is 29.4. The number of hydrogen-bond donors (Lipinski definition) is 3. The van der Waals surface area contributed by atoms with Crippen LogP contribution < -0.4 is 15.7 Å². The number of benzene rings is 2. The minimum Gasteiger partial charge on any atom is -0.466 e. The highest BCUT2D eigenvalue weighted by molar-refractivity contribution is 6.34. The number of fused-ring (bicyclic) bond motifs is 2. The molecule has 11 nitrogen and oxygen atoms in total. The molecule has 4 heterocycles. The first-order valence-corrected chi connectivity index (χ1v) is 17.1. The van der Waals surface area contributed by atoms with Crippen molar-refractivity contribution < 1.29 is 19.5 Å². The monoisotopic (exact) mass is 677 g/mol. The SMILES string of the molecule is CCOC(=O)CC1CCNCC1.Cc1cc2ncnc(Cl)c2cc1C.Cc1cc2ncnc(N3CCC(CC(=O)NO)CC3)c2cc1C. The van der Waals surface area contributed by atoms with Gasteiger partial charge in [-0.25, -0.2) is 25.4 Å². The van der Waals surface area contributed by atoms with Gasteiger partial charge in [0.1, 0.15) is 23.6 Å². The number of ether oxygens (including phenoxy) is 1. The zero-order chi connectivity index (χ0) is 34.6. The molecule has 2 fully saturated rings. The molecule has 1 amide bonds. The lowest BCUT2D eigenvalue weighted by Gasteiger charge is -2.33. The topological polar surface area (TPSA) is 142 Å². The molecule has 2 aromatic heterocycles. The van der Waals surface area contributed by atoms with Gasteiger partial charge in [-0.05, 0) is 132 Å². The van der Waals surface area contributed by atoms with Gasteiger partial charge < -0.3 is 15.0 Å². The molecule has 6 rings (SSSR count). The van der Waals surface area contributed by atoms with Crippen LogP contribution in [0.15, 0.2) is 36.9 Å². The second-order valence-electron chi connectivity index (χ2n) is 12.6. The van der Waals surface area contributed by atoms with Crippen molar-refractivity contribution in [3.8, 4) is 0 Å². The summed E-state index contributed by atoms with van der Waals surface area (Å²) in [6.45, 7) is 14.5. The Bertz CT molecular complexity index is 1690. The average Bonchev–Trinajstić information content (AvgIpc) is 3.08. The number of carbonyl (C=O) groups is 2. The Balaban J connectivity index is 0.000000177. The molecule has 2 aliphatic rings. The van der Waals surface area contributed by atoms with Crippen molar-refractivity contribution >= 4 is 51.1 Å². The minimum atomic E-state index is -0.304. The minimum absolute atomic E-state index is 0.0376. The molecule has 48 heavy (non-hydrogen) atoms. The summed E-state index contributed by atoms with van der Waals surface area (Å²) in [6.07, 6.45) is 8.16. The van der Waals surface area contributed by atoms with Crippen LogP contribution >= 0.6 is 11.6 Å². The third kappa shape index (κ3) is 10.3. The van der Waals surface area contributed by atoms with E-state index in [2.05, 4.69) is 70.0 Å². The predicted octanol–water partition coefficient (Wildman–Crippen LogP) is 6.20. The summed E-state index contributed by atoms with van der Waals surface area (Å²) in [6, 6.07) is 8.31. The van der Waals surface area contributed by atoms with Crippen molar-refractivity contribution in [3.05, 3.63) is 64.3 Å². The fourth-order valence-electron chi connectivity index (χ4n) is 6.04. The van der Waals surface area contributed by atoms with Crippen molar-refractivity contribution in [1.82, 2.24) is 30.7 Å². The average molecular weight is 678 g/mol. The first-order chi connectivity index (χ1) is 23.1. The summed E-state index contributed by atoms with van der Waals surface area (Å²) in [5.74, 6) is 1.50. The van der Waals surface area contributed by atoms with Crippen LogP contribution in [0.3, 0.4) is 0 Å². The van der Waals surface area contributed by atoms with E-state index in [9.17, 15) is 9.59 Å². The van der Waals surface area contributed by atoms with Gasteiger partial charge in [0, 0.05) is 36.7 Å². The standard InChI is InChI=1S/C17H22N4O2.C10H9ClN2.C9H17NO2/c1-11-7-14-15(8-12(11)2)18-10-19-17(14)21-5-3-13(4-6-21)9-16(22)20-23;1-6-3-8-9(4-7(6)2)12-5-13-10(8)11;1-2-12-9(11)7-8-3-5-10-6-4-8/h7-8,10,13,23H,3-6,9H2,1-2H3,(H,20,22);3-5H,1-2H3;8,10H,2-7H2,1H3. The number of hydrogen-bond acceptors (Lipinski definition) is 10. The van der Waals surface area contributed by atoms with Gasteiger partial charge in [-0.15, -0.1) is 0 Å². The third-order valence-corrected chi connectivity index (χ3v) is 9.47. The molecule has 0 unspecified atom stereocenters. The summed E-state index contributed by atoms with van der Waals surface area (Å²) in [5, 5.41) is 14.4. The van der Waals surface area contributed by atoms with E-state index < -0.39 is 0 Å². The Morgan fingerprint density at radius 3 is 1.98 bits per heavy atom. The Hall–Kier alpha value is -3.93. The lowest BCUT2D eigenvalue weighted by Crippen LogP contribution is -2.36. The lowest BCUT2D eigenvalue weighted by atomic mass is 9.93. The predicted molar refractivity (Wildman–Crippen MR) is 189 cm³/mol. The fraction of sp³-hybridized carbons (Fsp3) is 0.500. The van der Waals surface area contributed by atoms with Gasteiger partial charge in [0.15, 0.2) is 0 Å². The van der Waals surface area contributed by atoms with Crippen molar-refractivity contribution in [2.75, 3.05) is 37.7 Å². The van der Waals surface area contributed by atoms with E-state index in [1.54, 1.807) is 11.8 Å². The highest BCUT2D eigenvalue weighted by Gasteiger charge is 2.23. The third-order valence-electron chi connectivity index (χ3n) is 9.16. The van der Waals surface area contributed by atoms with Crippen LogP contribution in [0.25, 0.3) is 21.8 Å². The molecule has 0 bridgehead atoms. The smallest absolute Gasteiger partial charge is 0.306 e.